The Morgan fingerprint density at radius 3 is 2.60 bits per heavy atom. The number of rotatable bonds is 9. The van der Waals surface area contributed by atoms with E-state index in [4.69, 9.17) is 11.6 Å². The van der Waals surface area contributed by atoms with Crippen LogP contribution in [0.4, 0.5) is 4.39 Å². The monoisotopic (exact) mass is 364 g/mol. The van der Waals surface area contributed by atoms with Gasteiger partial charge in [-0.15, -0.1) is 0 Å². The summed E-state index contributed by atoms with van der Waals surface area (Å²) < 4.78 is 15.6. The molecule has 1 heterocycles. The first-order valence-electron chi connectivity index (χ1n) is 9.23. The Labute approximate surface area is 156 Å². The first-order valence-corrected chi connectivity index (χ1v) is 9.61. The average Bonchev–Trinajstić information content (AvgIpc) is 3.02. The molecule has 0 N–H and O–H groups in total. The molecule has 0 fully saturated rings. The van der Waals surface area contributed by atoms with Crippen LogP contribution in [0.5, 0.6) is 0 Å². The third-order valence-corrected chi connectivity index (χ3v) is 5.41. The summed E-state index contributed by atoms with van der Waals surface area (Å²) in [6.45, 7) is 10.0. The van der Waals surface area contributed by atoms with Crippen LogP contribution >= 0.6 is 11.6 Å². The van der Waals surface area contributed by atoms with Crippen molar-refractivity contribution in [3.8, 4) is 0 Å². The molecule has 25 heavy (non-hydrogen) atoms. The van der Waals surface area contributed by atoms with E-state index in [1.807, 2.05) is 24.8 Å². The zero-order chi connectivity index (χ0) is 18.4. The maximum Gasteiger partial charge on any atom is 0.124 e. The van der Waals surface area contributed by atoms with Crippen LogP contribution in [0.3, 0.4) is 0 Å². The molecular weight excluding hydrogens is 335 g/mol. The fraction of sp³-hybridized carbons (Fsp3) is 0.571. The molecule has 2 nitrogen and oxygen atoms in total. The molecule has 4 heteroatoms. The highest BCUT2D eigenvalue weighted by Crippen LogP contribution is 2.39. The highest BCUT2D eigenvalue weighted by molar-refractivity contribution is 6.31. The highest BCUT2D eigenvalue weighted by atomic mass is 35.5. The molecular formula is C21H30ClFN2. The fourth-order valence-corrected chi connectivity index (χ4v) is 4.27. The van der Waals surface area contributed by atoms with Gasteiger partial charge in [0.2, 0.25) is 0 Å². The van der Waals surface area contributed by atoms with E-state index in [9.17, 15) is 4.39 Å². The maximum absolute atomic E-state index is 13.4. The predicted molar refractivity (Wildman–Crippen MR) is 103 cm³/mol. The summed E-state index contributed by atoms with van der Waals surface area (Å²) in [5.41, 5.74) is 1.11. The van der Waals surface area contributed by atoms with Gasteiger partial charge in [0.1, 0.15) is 5.82 Å². The SMILES string of the molecule is CCC(Cc1ccc(F)cc1Cl)(CC(C)CC(C)C)Cn1ccnc1. The Bertz CT molecular complexity index is 654. The molecule has 0 amide bonds. The van der Waals surface area contributed by atoms with E-state index >= 15 is 0 Å². The quantitative estimate of drug-likeness (QED) is 0.504. The van der Waals surface area contributed by atoms with E-state index in [2.05, 4.69) is 37.2 Å². The Hall–Kier alpha value is -1.35. The van der Waals surface area contributed by atoms with Crippen molar-refractivity contribution in [3.05, 3.63) is 53.3 Å². The van der Waals surface area contributed by atoms with Gasteiger partial charge in [-0.05, 0) is 60.6 Å². The number of aromatic nitrogens is 2. The largest absolute Gasteiger partial charge is 0.337 e. The molecule has 0 aliphatic rings. The maximum atomic E-state index is 13.4. The van der Waals surface area contributed by atoms with E-state index in [0.717, 1.165) is 31.4 Å². The lowest BCUT2D eigenvalue weighted by atomic mass is 9.71. The molecule has 2 aromatic rings. The second kappa shape index (κ2) is 8.84. The van der Waals surface area contributed by atoms with Crippen LogP contribution in [0.1, 0.15) is 52.5 Å². The fourth-order valence-electron chi connectivity index (χ4n) is 4.04. The van der Waals surface area contributed by atoms with Crippen LogP contribution in [-0.4, -0.2) is 9.55 Å². The first kappa shape index (κ1) is 20.0. The van der Waals surface area contributed by atoms with Gasteiger partial charge in [-0.1, -0.05) is 45.4 Å². The molecule has 0 bridgehead atoms. The van der Waals surface area contributed by atoms with Gasteiger partial charge in [-0.2, -0.15) is 0 Å². The van der Waals surface area contributed by atoms with Crippen molar-refractivity contribution in [1.82, 2.24) is 9.55 Å². The minimum atomic E-state index is -0.279. The number of benzene rings is 1. The third-order valence-electron chi connectivity index (χ3n) is 5.06. The van der Waals surface area contributed by atoms with Gasteiger partial charge < -0.3 is 4.57 Å². The van der Waals surface area contributed by atoms with Crippen LogP contribution in [0.15, 0.2) is 36.9 Å². The van der Waals surface area contributed by atoms with E-state index in [-0.39, 0.29) is 11.2 Å². The van der Waals surface area contributed by atoms with Crippen molar-refractivity contribution >= 4 is 11.6 Å². The van der Waals surface area contributed by atoms with Gasteiger partial charge in [-0.25, -0.2) is 9.37 Å². The molecule has 1 aromatic carbocycles. The van der Waals surface area contributed by atoms with E-state index < -0.39 is 0 Å². The lowest BCUT2D eigenvalue weighted by molar-refractivity contribution is 0.164. The number of imidazole rings is 1. The number of nitrogens with zero attached hydrogens (tertiary/aromatic N) is 2. The highest BCUT2D eigenvalue weighted by Gasteiger charge is 2.32. The summed E-state index contributed by atoms with van der Waals surface area (Å²) in [6.07, 6.45) is 9.94. The summed E-state index contributed by atoms with van der Waals surface area (Å²) in [6, 6.07) is 4.77. The van der Waals surface area contributed by atoms with Crippen molar-refractivity contribution in [2.45, 2.75) is 59.9 Å². The number of hydrogen-bond acceptors (Lipinski definition) is 1. The van der Waals surface area contributed by atoms with Gasteiger partial charge in [0.05, 0.1) is 6.33 Å². The summed E-state index contributed by atoms with van der Waals surface area (Å²) in [5.74, 6) is 1.04. The summed E-state index contributed by atoms with van der Waals surface area (Å²) >= 11 is 6.34. The molecule has 0 radical (unpaired) electrons. The smallest absolute Gasteiger partial charge is 0.124 e. The van der Waals surface area contributed by atoms with Crippen LogP contribution in [0, 0.1) is 23.1 Å². The summed E-state index contributed by atoms with van der Waals surface area (Å²) in [7, 11) is 0. The molecule has 0 aliphatic heterocycles. The Balaban J connectivity index is 2.28. The zero-order valence-corrected chi connectivity index (χ0v) is 16.6. The standard InChI is InChI=1S/C21H30ClFN2/c1-5-21(12-17(4)10-16(2)3,14-25-9-8-24-15-25)13-18-6-7-19(23)11-20(18)22/h6-9,11,15-17H,5,10,12-14H2,1-4H3. The Morgan fingerprint density at radius 2 is 2.04 bits per heavy atom. The lowest BCUT2D eigenvalue weighted by Gasteiger charge is -2.36. The molecule has 0 aliphatic carbocycles. The second-order valence-electron chi connectivity index (χ2n) is 7.94. The van der Waals surface area contributed by atoms with E-state index in [1.165, 1.54) is 18.6 Å². The van der Waals surface area contributed by atoms with Crippen molar-refractivity contribution in [2.75, 3.05) is 0 Å². The van der Waals surface area contributed by atoms with Crippen molar-refractivity contribution < 1.29 is 4.39 Å². The third kappa shape index (κ3) is 5.85. The molecule has 0 saturated carbocycles. The Morgan fingerprint density at radius 1 is 1.28 bits per heavy atom. The van der Waals surface area contributed by atoms with Crippen LogP contribution < -0.4 is 0 Å². The first-order chi connectivity index (χ1) is 11.8. The lowest BCUT2D eigenvalue weighted by Crippen LogP contribution is -2.31. The minimum Gasteiger partial charge on any atom is -0.337 e. The number of halogens is 2. The molecule has 0 spiro atoms. The normalized spacial score (nSPS) is 15.3. The zero-order valence-electron chi connectivity index (χ0n) is 15.8. The molecule has 2 atom stereocenters. The van der Waals surface area contributed by atoms with Crippen molar-refractivity contribution in [1.29, 1.82) is 0 Å². The van der Waals surface area contributed by atoms with Crippen LogP contribution in [-0.2, 0) is 13.0 Å². The van der Waals surface area contributed by atoms with E-state index in [0.29, 0.717) is 16.9 Å². The predicted octanol–water partition coefficient (Wildman–Crippen LogP) is 6.39. The average molecular weight is 365 g/mol. The van der Waals surface area contributed by atoms with Crippen molar-refractivity contribution in [2.24, 2.45) is 17.3 Å². The topological polar surface area (TPSA) is 17.8 Å². The van der Waals surface area contributed by atoms with Crippen LogP contribution in [0.2, 0.25) is 5.02 Å². The molecule has 2 rings (SSSR count). The summed E-state index contributed by atoms with van der Waals surface area (Å²) in [5, 5.41) is 0.528. The van der Waals surface area contributed by atoms with Gasteiger partial charge in [0, 0.05) is 24.0 Å². The van der Waals surface area contributed by atoms with Gasteiger partial charge in [0.15, 0.2) is 0 Å². The number of hydrogen-bond donors (Lipinski definition) is 0. The van der Waals surface area contributed by atoms with Gasteiger partial charge in [0.25, 0.3) is 0 Å². The Kier molecular flexibility index (Phi) is 7.06. The molecule has 138 valence electrons. The van der Waals surface area contributed by atoms with Crippen LogP contribution in [0.25, 0.3) is 0 Å². The molecule has 1 aromatic heterocycles. The molecule has 0 saturated heterocycles. The summed E-state index contributed by atoms with van der Waals surface area (Å²) in [4.78, 5) is 4.19. The molecule has 2 unspecified atom stereocenters. The van der Waals surface area contributed by atoms with Crippen molar-refractivity contribution in [3.63, 3.8) is 0 Å². The second-order valence-corrected chi connectivity index (χ2v) is 8.35. The van der Waals surface area contributed by atoms with E-state index in [1.54, 1.807) is 0 Å². The van der Waals surface area contributed by atoms with Gasteiger partial charge in [-0.3, -0.25) is 0 Å². The van der Waals surface area contributed by atoms with Gasteiger partial charge >= 0.3 is 0 Å². The minimum absolute atomic E-state index is 0.0798.